The molecule has 1 N–H and O–H groups in total. The van der Waals surface area contributed by atoms with Crippen LogP contribution in [0.15, 0.2) is 0 Å². The van der Waals surface area contributed by atoms with Gasteiger partial charge in [-0.1, -0.05) is 13.8 Å². The van der Waals surface area contributed by atoms with E-state index >= 15 is 0 Å². The molecule has 0 bridgehead atoms. The van der Waals surface area contributed by atoms with E-state index in [4.69, 9.17) is 4.74 Å². The van der Waals surface area contributed by atoms with Gasteiger partial charge in [0.25, 0.3) is 0 Å². The second-order valence-corrected chi connectivity index (χ2v) is 7.30. The molecular weight excluding hydrogens is 236 g/mol. The van der Waals surface area contributed by atoms with E-state index in [1.807, 2.05) is 0 Å². The number of hydrogen-bond acceptors (Lipinski definition) is 3. The highest BCUT2D eigenvalue weighted by Crippen LogP contribution is 2.21. The summed E-state index contributed by atoms with van der Waals surface area (Å²) in [4.78, 5) is 2.48. The van der Waals surface area contributed by atoms with Gasteiger partial charge >= 0.3 is 0 Å². The highest BCUT2D eigenvalue weighted by Gasteiger charge is 2.25. The van der Waals surface area contributed by atoms with E-state index in [1.54, 1.807) is 0 Å². The lowest BCUT2D eigenvalue weighted by Gasteiger charge is -2.31. The zero-order valence-electron chi connectivity index (χ0n) is 13.8. The molecule has 3 heteroatoms. The van der Waals surface area contributed by atoms with Crippen molar-refractivity contribution in [2.24, 2.45) is 5.41 Å². The third-order valence-electron chi connectivity index (χ3n) is 3.76. The van der Waals surface area contributed by atoms with Crippen molar-refractivity contribution in [1.29, 1.82) is 0 Å². The number of rotatable bonds is 10. The van der Waals surface area contributed by atoms with E-state index in [9.17, 15) is 0 Å². The average Bonchev–Trinajstić information content (AvgIpc) is 3.08. The fraction of sp³-hybridized carbons (Fsp3) is 1.00. The first-order valence-electron chi connectivity index (χ1n) is 7.89. The van der Waals surface area contributed by atoms with Crippen molar-refractivity contribution < 1.29 is 4.74 Å². The van der Waals surface area contributed by atoms with E-state index in [1.165, 1.54) is 12.8 Å². The second-order valence-electron chi connectivity index (χ2n) is 7.30. The van der Waals surface area contributed by atoms with E-state index in [0.29, 0.717) is 12.1 Å². The monoisotopic (exact) mass is 270 g/mol. The molecule has 114 valence electrons. The summed E-state index contributed by atoms with van der Waals surface area (Å²) >= 11 is 0. The lowest BCUT2D eigenvalue weighted by Crippen LogP contribution is -2.40. The average molecular weight is 270 g/mol. The van der Waals surface area contributed by atoms with Crippen LogP contribution in [0, 0.1) is 5.41 Å². The standard InChI is InChI=1S/C16H34N2O/c1-13(2)18(14(3)4)9-10-19-12-16(5,6)11-17-15-7-8-15/h13-15,17H,7-12H2,1-6H3. The Morgan fingerprint density at radius 2 is 1.74 bits per heavy atom. The third-order valence-corrected chi connectivity index (χ3v) is 3.76. The predicted molar refractivity (Wildman–Crippen MR) is 82.6 cm³/mol. The zero-order chi connectivity index (χ0) is 14.5. The first kappa shape index (κ1) is 16.9. The predicted octanol–water partition coefficient (Wildman–Crippen LogP) is 2.90. The van der Waals surface area contributed by atoms with Gasteiger partial charge < -0.3 is 10.1 Å². The molecule has 1 rings (SSSR count). The SMILES string of the molecule is CC(C)N(CCOCC(C)(C)CNC1CC1)C(C)C. The van der Waals surface area contributed by atoms with Crippen LogP contribution < -0.4 is 5.32 Å². The lowest BCUT2D eigenvalue weighted by molar-refractivity contribution is 0.0353. The topological polar surface area (TPSA) is 24.5 Å². The fourth-order valence-corrected chi connectivity index (χ4v) is 2.39. The zero-order valence-corrected chi connectivity index (χ0v) is 13.8. The summed E-state index contributed by atoms with van der Waals surface area (Å²) in [5.74, 6) is 0. The number of nitrogens with one attached hydrogen (secondary N) is 1. The number of hydrogen-bond donors (Lipinski definition) is 1. The summed E-state index contributed by atoms with van der Waals surface area (Å²) in [5.41, 5.74) is 0.239. The summed E-state index contributed by atoms with van der Waals surface area (Å²) in [5, 5.41) is 3.59. The number of ether oxygens (including phenoxy) is 1. The molecular formula is C16H34N2O. The lowest BCUT2D eigenvalue weighted by atomic mass is 9.95. The van der Waals surface area contributed by atoms with Crippen molar-refractivity contribution in [3.63, 3.8) is 0 Å². The maximum Gasteiger partial charge on any atom is 0.0593 e. The highest BCUT2D eigenvalue weighted by atomic mass is 16.5. The molecule has 3 nitrogen and oxygen atoms in total. The molecule has 1 fully saturated rings. The van der Waals surface area contributed by atoms with Crippen molar-refractivity contribution in [2.75, 3.05) is 26.3 Å². The van der Waals surface area contributed by atoms with Crippen molar-refractivity contribution >= 4 is 0 Å². The summed E-state index contributed by atoms with van der Waals surface area (Å²) < 4.78 is 5.90. The summed E-state index contributed by atoms with van der Waals surface area (Å²) in [6, 6.07) is 1.97. The molecule has 0 radical (unpaired) electrons. The van der Waals surface area contributed by atoms with Gasteiger partial charge in [-0.3, -0.25) is 4.90 Å². The Hall–Kier alpha value is -0.120. The van der Waals surface area contributed by atoms with Crippen LogP contribution in [0.2, 0.25) is 0 Å². The molecule has 1 aliphatic carbocycles. The van der Waals surface area contributed by atoms with Gasteiger partial charge in [-0.15, -0.1) is 0 Å². The van der Waals surface area contributed by atoms with E-state index in [2.05, 4.69) is 51.8 Å². The third kappa shape index (κ3) is 7.28. The van der Waals surface area contributed by atoms with Crippen molar-refractivity contribution in [3.05, 3.63) is 0 Å². The summed E-state index contributed by atoms with van der Waals surface area (Å²) in [6.07, 6.45) is 2.71. The molecule has 1 saturated carbocycles. The Bertz CT molecular complexity index is 239. The van der Waals surface area contributed by atoms with Gasteiger partial charge in [0.1, 0.15) is 0 Å². The van der Waals surface area contributed by atoms with Crippen LogP contribution >= 0.6 is 0 Å². The molecule has 0 aromatic heterocycles. The van der Waals surface area contributed by atoms with Crippen LogP contribution in [0.4, 0.5) is 0 Å². The fourth-order valence-electron chi connectivity index (χ4n) is 2.39. The highest BCUT2D eigenvalue weighted by molar-refractivity contribution is 4.84. The van der Waals surface area contributed by atoms with Crippen molar-refractivity contribution in [2.45, 2.75) is 72.5 Å². The second kappa shape index (κ2) is 7.61. The van der Waals surface area contributed by atoms with Crippen LogP contribution in [0.5, 0.6) is 0 Å². The molecule has 0 saturated heterocycles. The van der Waals surface area contributed by atoms with Gasteiger partial charge in [-0.05, 0) is 40.5 Å². The van der Waals surface area contributed by atoms with E-state index in [-0.39, 0.29) is 5.41 Å². The molecule has 0 aliphatic heterocycles. The molecule has 0 aromatic rings. The van der Waals surface area contributed by atoms with Gasteiger partial charge in [-0.25, -0.2) is 0 Å². The number of nitrogens with zero attached hydrogens (tertiary/aromatic N) is 1. The quantitative estimate of drug-likeness (QED) is 0.618. The van der Waals surface area contributed by atoms with Gasteiger partial charge in [0.05, 0.1) is 13.2 Å². The van der Waals surface area contributed by atoms with Gasteiger partial charge in [0.15, 0.2) is 0 Å². The van der Waals surface area contributed by atoms with Crippen LogP contribution in [0.3, 0.4) is 0 Å². The normalized spacial score (nSPS) is 16.9. The van der Waals surface area contributed by atoms with E-state index < -0.39 is 0 Å². The van der Waals surface area contributed by atoms with Crippen LogP contribution in [-0.2, 0) is 4.74 Å². The first-order chi connectivity index (χ1) is 8.82. The molecule has 0 unspecified atom stereocenters. The van der Waals surface area contributed by atoms with Crippen LogP contribution in [0.25, 0.3) is 0 Å². The molecule has 0 atom stereocenters. The Morgan fingerprint density at radius 1 is 1.16 bits per heavy atom. The maximum atomic E-state index is 5.90. The van der Waals surface area contributed by atoms with Gasteiger partial charge in [0, 0.05) is 36.6 Å². The largest absolute Gasteiger partial charge is 0.380 e. The minimum absolute atomic E-state index is 0.239. The Balaban J connectivity index is 2.13. The molecule has 0 heterocycles. The minimum Gasteiger partial charge on any atom is -0.380 e. The van der Waals surface area contributed by atoms with Crippen molar-refractivity contribution in [3.8, 4) is 0 Å². The molecule has 19 heavy (non-hydrogen) atoms. The van der Waals surface area contributed by atoms with Gasteiger partial charge in [-0.2, -0.15) is 0 Å². The van der Waals surface area contributed by atoms with Crippen molar-refractivity contribution in [1.82, 2.24) is 10.2 Å². The maximum absolute atomic E-state index is 5.90. The first-order valence-corrected chi connectivity index (χ1v) is 7.89. The Kier molecular flexibility index (Phi) is 6.78. The Morgan fingerprint density at radius 3 is 2.21 bits per heavy atom. The van der Waals surface area contributed by atoms with Crippen LogP contribution in [0.1, 0.15) is 54.4 Å². The smallest absolute Gasteiger partial charge is 0.0593 e. The summed E-state index contributed by atoms with van der Waals surface area (Å²) in [7, 11) is 0. The molecule has 1 aliphatic rings. The molecule has 0 amide bonds. The van der Waals surface area contributed by atoms with Crippen LogP contribution in [-0.4, -0.2) is 49.3 Å². The minimum atomic E-state index is 0.239. The summed E-state index contributed by atoms with van der Waals surface area (Å²) in [6.45, 7) is 17.4. The van der Waals surface area contributed by atoms with E-state index in [0.717, 1.165) is 32.3 Å². The molecule has 0 spiro atoms. The Labute approximate surface area is 120 Å². The van der Waals surface area contributed by atoms with Gasteiger partial charge in [0.2, 0.25) is 0 Å². The molecule has 0 aromatic carbocycles.